The maximum absolute atomic E-state index is 11.1. The van der Waals surface area contributed by atoms with Gasteiger partial charge in [0.1, 0.15) is 18.9 Å². The fraction of sp³-hybridized carbons (Fsp3) is 0.767. The molecule has 2 aliphatic heterocycles. The predicted molar refractivity (Wildman–Crippen MR) is 150 cm³/mol. The van der Waals surface area contributed by atoms with Gasteiger partial charge in [0.05, 0.1) is 10.3 Å². The summed E-state index contributed by atoms with van der Waals surface area (Å²) in [6, 6.07) is 1.25. The summed E-state index contributed by atoms with van der Waals surface area (Å²) in [4.78, 5) is 2.49. The SMILES string of the molecule is CN1C(=CC2=C(O)C(=CC3=[N+](C)C4C(CCC5CCCCC54)S3)C2O)SC2CCC3CCCCC3C21. The average molecular weight is 528 g/mol. The molecule has 0 aromatic heterocycles. The molecule has 2 heterocycles. The number of rotatable bonds is 2. The van der Waals surface area contributed by atoms with Gasteiger partial charge in [-0.1, -0.05) is 32.1 Å². The van der Waals surface area contributed by atoms with Crippen LogP contribution in [0.2, 0.25) is 0 Å². The van der Waals surface area contributed by atoms with Gasteiger partial charge < -0.3 is 15.1 Å². The van der Waals surface area contributed by atoms with Crippen LogP contribution in [0.1, 0.15) is 77.0 Å². The fourth-order valence-corrected chi connectivity index (χ4v) is 12.3. The van der Waals surface area contributed by atoms with Crippen molar-refractivity contribution < 1.29 is 14.8 Å². The Bertz CT molecular complexity index is 1050. The number of aliphatic hydroxyl groups is 2. The van der Waals surface area contributed by atoms with Crippen molar-refractivity contribution in [1.29, 1.82) is 0 Å². The van der Waals surface area contributed by atoms with E-state index >= 15 is 0 Å². The Morgan fingerprint density at radius 3 is 2.25 bits per heavy atom. The molecule has 5 aliphatic carbocycles. The predicted octanol–water partition coefficient (Wildman–Crippen LogP) is 6.08. The molecule has 4 saturated carbocycles. The molecular weight excluding hydrogens is 484 g/mol. The quantitative estimate of drug-likeness (QED) is 0.426. The van der Waals surface area contributed by atoms with Crippen LogP contribution < -0.4 is 0 Å². The maximum atomic E-state index is 11.1. The Hall–Kier alpha value is -0.850. The zero-order chi connectivity index (χ0) is 24.6. The van der Waals surface area contributed by atoms with Crippen molar-refractivity contribution in [2.45, 2.75) is 106 Å². The highest BCUT2D eigenvalue weighted by atomic mass is 32.2. The fourth-order valence-electron chi connectivity index (χ4n) is 9.19. The van der Waals surface area contributed by atoms with Crippen molar-refractivity contribution in [3.63, 3.8) is 0 Å². The van der Waals surface area contributed by atoms with Gasteiger partial charge in [0, 0.05) is 41.5 Å². The second-order valence-electron chi connectivity index (χ2n) is 12.7. The molecule has 7 aliphatic rings. The van der Waals surface area contributed by atoms with Gasteiger partial charge in [-0.25, -0.2) is 4.58 Å². The van der Waals surface area contributed by atoms with Crippen LogP contribution in [0.15, 0.2) is 34.1 Å². The highest BCUT2D eigenvalue weighted by Crippen LogP contribution is 2.53. The average Bonchev–Trinajstić information content (AvgIpc) is 3.41. The molecular formula is C30H43N2O2S2+. The van der Waals surface area contributed by atoms with E-state index in [1.165, 1.54) is 87.1 Å². The standard InChI is InChI=1S/C30H42N2O2S2/c1-31-25(35-23-13-11-17-7-3-5-9-19(17)27(23)31)15-21-29(33)22(30(21)34)16-26-32(2)28-20-10-6-4-8-18(20)12-14-24(28)36-26/h15-20,23-24,27-29,33H,3-14H2,1-2H3/p+1. The molecule has 9 unspecified atom stereocenters. The molecule has 2 N–H and O–H groups in total. The van der Waals surface area contributed by atoms with Gasteiger partial charge in [0.25, 0.3) is 0 Å². The lowest BCUT2D eigenvalue weighted by Crippen LogP contribution is -2.46. The van der Waals surface area contributed by atoms with Crippen LogP contribution in [0.25, 0.3) is 0 Å². The zero-order valence-electron chi connectivity index (χ0n) is 21.9. The first kappa shape index (κ1) is 24.2. The van der Waals surface area contributed by atoms with Crippen molar-refractivity contribution in [2.24, 2.45) is 23.7 Å². The molecule has 6 heteroatoms. The van der Waals surface area contributed by atoms with Crippen molar-refractivity contribution in [3.8, 4) is 0 Å². The molecule has 0 spiro atoms. The lowest BCUT2D eigenvalue weighted by molar-refractivity contribution is -0.545. The van der Waals surface area contributed by atoms with Gasteiger partial charge in [0.15, 0.2) is 6.04 Å². The normalized spacial score (nSPS) is 46.5. The van der Waals surface area contributed by atoms with Crippen molar-refractivity contribution in [3.05, 3.63) is 34.1 Å². The number of hydrogen-bond acceptors (Lipinski definition) is 5. The third kappa shape index (κ3) is 3.78. The van der Waals surface area contributed by atoms with Gasteiger partial charge in [-0.3, -0.25) is 0 Å². The number of thioether (sulfide) groups is 2. The molecule has 0 bridgehead atoms. The first-order chi connectivity index (χ1) is 17.5. The Kier molecular flexibility index (Phi) is 6.33. The number of hydrogen-bond donors (Lipinski definition) is 2. The minimum Gasteiger partial charge on any atom is -0.507 e. The molecule has 196 valence electrons. The second kappa shape index (κ2) is 9.41. The molecule has 0 aromatic rings. The molecule has 4 nitrogen and oxygen atoms in total. The highest BCUT2D eigenvalue weighted by molar-refractivity contribution is 8.14. The van der Waals surface area contributed by atoms with Crippen LogP contribution >= 0.6 is 23.5 Å². The van der Waals surface area contributed by atoms with Gasteiger partial charge >= 0.3 is 0 Å². The molecule has 0 radical (unpaired) electrons. The first-order valence-corrected chi connectivity index (χ1v) is 16.5. The van der Waals surface area contributed by atoms with E-state index in [4.69, 9.17) is 0 Å². The van der Waals surface area contributed by atoms with Gasteiger partial charge in [-0.2, -0.15) is 0 Å². The largest absolute Gasteiger partial charge is 0.507 e. The third-order valence-corrected chi connectivity index (χ3v) is 14.0. The lowest BCUT2D eigenvalue weighted by atomic mass is 9.68. The summed E-state index contributed by atoms with van der Waals surface area (Å²) in [5.41, 5.74) is 1.43. The summed E-state index contributed by atoms with van der Waals surface area (Å²) in [7, 11) is 4.50. The van der Waals surface area contributed by atoms with Gasteiger partial charge in [-0.05, 0) is 80.5 Å². The minimum atomic E-state index is -0.678. The summed E-state index contributed by atoms with van der Waals surface area (Å²) in [6.45, 7) is 0. The van der Waals surface area contributed by atoms with Gasteiger partial charge in [0.2, 0.25) is 5.04 Å². The summed E-state index contributed by atoms with van der Waals surface area (Å²) < 4.78 is 2.49. The Morgan fingerprint density at radius 2 is 1.50 bits per heavy atom. The van der Waals surface area contributed by atoms with Crippen molar-refractivity contribution >= 4 is 28.6 Å². The summed E-state index contributed by atoms with van der Waals surface area (Å²) in [6.07, 6.45) is 20.1. The third-order valence-electron chi connectivity index (χ3n) is 11.0. The molecule has 7 rings (SSSR count). The van der Waals surface area contributed by atoms with E-state index in [0.29, 0.717) is 39.5 Å². The van der Waals surface area contributed by atoms with E-state index in [1.807, 2.05) is 23.5 Å². The Labute approximate surface area is 225 Å². The van der Waals surface area contributed by atoms with E-state index in [2.05, 4.69) is 35.7 Å². The topological polar surface area (TPSA) is 46.7 Å². The van der Waals surface area contributed by atoms with Crippen molar-refractivity contribution in [2.75, 3.05) is 14.1 Å². The summed E-state index contributed by atoms with van der Waals surface area (Å²) >= 11 is 3.98. The Morgan fingerprint density at radius 1 is 0.833 bits per heavy atom. The highest BCUT2D eigenvalue weighted by Gasteiger charge is 2.52. The van der Waals surface area contributed by atoms with E-state index in [9.17, 15) is 10.2 Å². The molecule has 5 fully saturated rings. The van der Waals surface area contributed by atoms with E-state index in [1.54, 1.807) is 0 Å². The number of aliphatic hydroxyl groups excluding tert-OH is 2. The zero-order valence-corrected chi connectivity index (χ0v) is 23.6. The monoisotopic (exact) mass is 527 g/mol. The van der Waals surface area contributed by atoms with E-state index in [0.717, 1.165) is 23.7 Å². The maximum Gasteiger partial charge on any atom is 0.235 e. The number of nitrogens with zero attached hydrogens (tertiary/aromatic N) is 2. The van der Waals surface area contributed by atoms with Gasteiger partial charge in [-0.15, -0.1) is 11.8 Å². The molecule has 9 atom stereocenters. The van der Waals surface area contributed by atoms with Crippen LogP contribution in [0.3, 0.4) is 0 Å². The van der Waals surface area contributed by atoms with E-state index in [-0.39, 0.29) is 0 Å². The lowest BCUT2D eigenvalue weighted by Gasteiger charge is -2.44. The van der Waals surface area contributed by atoms with Crippen LogP contribution in [0, 0.1) is 23.7 Å². The van der Waals surface area contributed by atoms with Crippen molar-refractivity contribution in [1.82, 2.24) is 4.90 Å². The second-order valence-corrected chi connectivity index (χ2v) is 15.2. The molecule has 36 heavy (non-hydrogen) atoms. The van der Waals surface area contributed by atoms with Crippen LogP contribution in [0.5, 0.6) is 0 Å². The van der Waals surface area contributed by atoms with Crippen LogP contribution in [-0.4, -0.2) is 67.5 Å². The number of fused-ring (bicyclic) bond motifs is 6. The molecule has 1 saturated heterocycles. The van der Waals surface area contributed by atoms with E-state index < -0.39 is 6.10 Å². The summed E-state index contributed by atoms with van der Waals surface area (Å²) in [5.74, 6) is 3.77. The molecule has 0 amide bonds. The van der Waals surface area contributed by atoms with Crippen LogP contribution in [-0.2, 0) is 0 Å². The summed E-state index contributed by atoms with van der Waals surface area (Å²) in [5, 5.41) is 26.0. The Balaban J connectivity index is 1.11. The first-order valence-electron chi connectivity index (χ1n) is 14.7. The smallest absolute Gasteiger partial charge is 0.235 e. The molecule has 0 aromatic carbocycles. The van der Waals surface area contributed by atoms with Crippen LogP contribution in [0.4, 0.5) is 0 Å². The minimum absolute atomic E-state index is 0.307.